The van der Waals surface area contributed by atoms with Crippen LogP contribution in [0.2, 0.25) is 0 Å². The van der Waals surface area contributed by atoms with E-state index in [0.717, 1.165) is 54.4 Å². The largest absolute Gasteiger partial charge is 0.396 e. The van der Waals surface area contributed by atoms with E-state index in [1.807, 2.05) is 0 Å². The first-order valence-corrected chi connectivity index (χ1v) is 14.6. The smallest absolute Gasteiger partial charge is 0.0443 e. The van der Waals surface area contributed by atoms with E-state index in [4.69, 9.17) is 5.11 Å². The second-order valence-electron chi connectivity index (χ2n) is 13.7. The molecule has 0 spiro atoms. The molecule has 0 unspecified atom stereocenters. The predicted octanol–water partition coefficient (Wildman–Crippen LogP) is 7.45. The molecule has 2 nitrogen and oxygen atoms in total. The molecule has 4 aliphatic rings. The summed E-state index contributed by atoms with van der Waals surface area (Å²) in [6.45, 7) is 14.1. The molecule has 0 aliphatic heterocycles. The fraction of sp³-hybridized carbons (Fsp3) is 1.00. The first-order valence-electron chi connectivity index (χ1n) is 14.6. The molecule has 0 saturated heterocycles. The Morgan fingerprint density at radius 2 is 1.59 bits per heavy atom. The normalized spacial score (nSPS) is 44.7. The van der Waals surface area contributed by atoms with Crippen molar-refractivity contribution in [2.45, 2.75) is 124 Å². The van der Waals surface area contributed by atoms with Crippen molar-refractivity contribution in [2.24, 2.45) is 52.3 Å². The monoisotopic (exact) mass is 445 g/mol. The van der Waals surface area contributed by atoms with Gasteiger partial charge in [0.1, 0.15) is 0 Å². The third-order valence-electron chi connectivity index (χ3n) is 11.6. The fourth-order valence-electron chi connectivity index (χ4n) is 9.85. The maximum absolute atomic E-state index is 9.13. The summed E-state index contributed by atoms with van der Waals surface area (Å²) in [5, 5.41) is 12.9. The van der Waals surface area contributed by atoms with Crippen LogP contribution >= 0.6 is 0 Å². The minimum atomic E-state index is 0.322. The zero-order valence-corrected chi connectivity index (χ0v) is 22.2. The lowest BCUT2D eigenvalue weighted by Crippen LogP contribution is -2.55. The van der Waals surface area contributed by atoms with Crippen LogP contribution in [0.4, 0.5) is 0 Å². The van der Waals surface area contributed by atoms with E-state index in [2.05, 4.69) is 39.9 Å². The van der Waals surface area contributed by atoms with Gasteiger partial charge in [0.25, 0.3) is 0 Å². The highest BCUT2D eigenvalue weighted by Crippen LogP contribution is 2.68. The summed E-state index contributed by atoms with van der Waals surface area (Å²) in [7, 11) is 0. The van der Waals surface area contributed by atoms with Crippen molar-refractivity contribution in [1.82, 2.24) is 5.32 Å². The van der Waals surface area contributed by atoms with Crippen LogP contribution in [0.5, 0.6) is 0 Å². The third-order valence-corrected chi connectivity index (χ3v) is 11.6. The van der Waals surface area contributed by atoms with Gasteiger partial charge in [0, 0.05) is 12.6 Å². The van der Waals surface area contributed by atoms with E-state index in [9.17, 15) is 0 Å². The minimum Gasteiger partial charge on any atom is -0.396 e. The summed E-state index contributed by atoms with van der Waals surface area (Å²) in [5.41, 5.74) is 1.23. The maximum atomic E-state index is 9.13. The molecule has 4 fully saturated rings. The van der Waals surface area contributed by atoms with Crippen LogP contribution in [0, 0.1) is 52.3 Å². The first-order chi connectivity index (χ1) is 15.3. The van der Waals surface area contributed by atoms with Crippen LogP contribution in [-0.4, -0.2) is 24.3 Å². The van der Waals surface area contributed by atoms with Gasteiger partial charge in [0.15, 0.2) is 0 Å². The van der Waals surface area contributed by atoms with Gasteiger partial charge in [-0.1, -0.05) is 53.9 Å². The highest BCUT2D eigenvalue weighted by molar-refractivity contribution is 5.10. The van der Waals surface area contributed by atoms with Crippen molar-refractivity contribution in [3.8, 4) is 0 Å². The number of rotatable bonds is 9. The molecule has 2 heteroatoms. The number of nitrogens with one attached hydrogen (secondary N) is 1. The molecule has 4 saturated carbocycles. The lowest BCUT2D eigenvalue weighted by atomic mass is 9.44. The van der Waals surface area contributed by atoms with Crippen LogP contribution in [0.15, 0.2) is 0 Å². The molecule has 0 amide bonds. The lowest BCUT2D eigenvalue weighted by molar-refractivity contribution is -0.118. The van der Waals surface area contributed by atoms with Crippen molar-refractivity contribution >= 4 is 0 Å². The van der Waals surface area contributed by atoms with Crippen molar-refractivity contribution in [3.63, 3.8) is 0 Å². The summed E-state index contributed by atoms with van der Waals surface area (Å²) in [4.78, 5) is 0. The van der Waals surface area contributed by atoms with Gasteiger partial charge in [-0.25, -0.2) is 0 Å². The molecule has 4 rings (SSSR count). The van der Waals surface area contributed by atoms with E-state index in [1.54, 1.807) is 0 Å². The number of hydrogen-bond acceptors (Lipinski definition) is 2. The molecular formula is C30H55NO. The number of aliphatic hydroxyl groups is 1. The van der Waals surface area contributed by atoms with Crippen LogP contribution in [0.1, 0.15) is 118 Å². The number of hydrogen-bond donors (Lipinski definition) is 2. The standard InChI is InChI=1S/C30H55NO/c1-21(2)8-6-9-22(3)26-12-13-27-25-11-10-23-20-24(31-18-7-19-32)14-16-29(23,4)28(25)15-17-30(26,27)5/h21-28,31-32H,6-20H2,1-5H3/t22-,23+,24+,25+,26-,27+,28+,29+,30-/m1/s1. The average molecular weight is 446 g/mol. The minimum absolute atomic E-state index is 0.322. The Labute approximate surface area is 200 Å². The van der Waals surface area contributed by atoms with E-state index < -0.39 is 0 Å². The SMILES string of the molecule is CC(C)CCC[C@@H](C)[C@H]1CC[C@H]2[C@@H]3CC[C@H]4C[C@@H](NCCCO)CC[C@]4(C)[C@H]3CC[C@]12C. The molecule has 0 bridgehead atoms. The van der Waals surface area contributed by atoms with Crippen molar-refractivity contribution < 1.29 is 5.11 Å². The molecule has 186 valence electrons. The Kier molecular flexibility index (Phi) is 8.03. The summed E-state index contributed by atoms with van der Waals surface area (Å²) in [6.07, 6.45) is 18.5. The van der Waals surface area contributed by atoms with Crippen molar-refractivity contribution in [2.75, 3.05) is 13.2 Å². The Morgan fingerprint density at radius 1 is 0.844 bits per heavy atom. The Balaban J connectivity index is 1.39. The Bertz CT molecular complexity index is 604. The fourth-order valence-corrected chi connectivity index (χ4v) is 9.85. The lowest BCUT2D eigenvalue weighted by Gasteiger charge is -2.61. The van der Waals surface area contributed by atoms with E-state index in [-0.39, 0.29) is 0 Å². The van der Waals surface area contributed by atoms with E-state index in [0.29, 0.717) is 23.5 Å². The quantitative estimate of drug-likeness (QED) is 0.361. The van der Waals surface area contributed by atoms with E-state index in [1.165, 1.54) is 77.0 Å². The summed E-state index contributed by atoms with van der Waals surface area (Å²) >= 11 is 0. The third kappa shape index (κ3) is 4.71. The molecule has 4 aliphatic carbocycles. The zero-order chi connectivity index (χ0) is 22.9. The van der Waals surface area contributed by atoms with Crippen LogP contribution < -0.4 is 5.32 Å². The van der Waals surface area contributed by atoms with Gasteiger partial charge in [-0.15, -0.1) is 0 Å². The molecule has 32 heavy (non-hydrogen) atoms. The van der Waals surface area contributed by atoms with Gasteiger partial charge in [0.05, 0.1) is 0 Å². The Hall–Kier alpha value is -0.0800. The highest BCUT2D eigenvalue weighted by Gasteiger charge is 2.60. The molecule has 9 atom stereocenters. The van der Waals surface area contributed by atoms with Gasteiger partial charge in [0.2, 0.25) is 0 Å². The Morgan fingerprint density at radius 3 is 2.34 bits per heavy atom. The molecule has 2 N–H and O–H groups in total. The van der Waals surface area contributed by atoms with Crippen LogP contribution in [-0.2, 0) is 0 Å². The number of fused-ring (bicyclic) bond motifs is 5. The summed E-state index contributed by atoms with van der Waals surface area (Å²) in [5.74, 6) is 6.72. The summed E-state index contributed by atoms with van der Waals surface area (Å²) < 4.78 is 0. The molecule has 0 radical (unpaired) electrons. The highest BCUT2D eigenvalue weighted by atomic mass is 16.3. The first kappa shape index (κ1) is 25.0. The van der Waals surface area contributed by atoms with Crippen molar-refractivity contribution in [1.29, 1.82) is 0 Å². The van der Waals surface area contributed by atoms with Gasteiger partial charge in [-0.2, -0.15) is 0 Å². The van der Waals surface area contributed by atoms with Crippen molar-refractivity contribution in [3.05, 3.63) is 0 Å². The molecule has 0 aromatic carbocycles. The second kappa shape index (κ2) is 10.3. The van der Waals surface area contributed by atoms with Crippen LogP contribution in [0.25, 0.3) is 0 Å². The van der Waals surface area contributed by atoms with Gasteiger partial charge < -0.3 is 10.4 Å². The van der Waals surface area contributed by atoms with Gasteiger partial charge in [-0.05, 0) is 123 Å². The average Bonchev–Trinajstić information content (AvgIpc) is 3.11. The molecular weight excluding hydrogens is 390 g/mol. The predicted molar refractivity (Wildman–Crippen MR) is 137 cm³/mol. The van der Waals surface area contributed by atoms with E-state index >= 15 is 0 Å². The molecule has 0 aromatic rings. The number of aliphatic hydroxyl groups excluding tert-OH is 1. The zero-order valence-electron chi connectivity index (χ0n) is 22.2. The van der Waals surface area contributed by atoms with Gasteiger partial charge in [-0.3, -0.25) is 0 Å². The molecule has 0 aromatic heterocycles. The maximum Gasteiger partial charge on any atom is 0.0443 e. The van der Waals surface area contributed by atoms with Gasteiger partial charge >= 0.3 is 0 Å². The summed E-state index contributed by atoms with van der Waals surface area (Å²) in [6, 6.07) is 0.701. The second-order valence-corrected chi connectivity index (χ2v) is 13.7. The topological polar surface area (TPSA) is 32.3 Å². The van der Waals surface area contributed by atoms with Crippen LogP contribution in [0.3, 0.4) is 0 Å². The molecule has 0 heterocycles.